The van der Waals surface area contributed by atoms with Crippen molar-refractivity contribution in [3.63, 3.8) is 0 Å². The fourth-order valence-corrected chi connectivity index (χ4v) is 4.60. The molecular formula is C20H24F2N2O2S2. The number of hydrogen-bond donors (Lipinski definition) is 2. The van der Waals surface area contributed by atoms with Crippen molar-refractivity contribution < 1.29 is 18.7 Å². The van der Waals surface area contributed by atoms with Crippen molar-refractivity contribution >= 4 is 27.5 Å². The highest BCUT2D eigenvalue weighted by Crippen LogP contribution is 2.28. The number of carbonyl (C=O) groups excluding carboxylic acids is 1. The summed E-state index contributed by atoms with van der Waals surface area (Å²) in [5.74, 6) is -0.0448. The normalized spacial score (nSPS) is 11.0. The van der Waals surface area contributed by atoms with Gasteiger partial charge in [0.25, 0.3) is 5.91 Å². The third-order valence-corrected chi connectivity index (χ3v) is 6.35. The van der Waals surface area contributed by atoms with Gasteiger partial charge in [-0.15, -0.1) is 0 Å². The van der Waals surface area contributed by atoms with Crippen molar-refractivity contribution in [1.29, 1.82) is 0 Å². The smallest absolute Gasteiger partial charge is 0.255 e. The first-order valence-corrected chi connectivity index (χ1v) is 11.3. The van der Waals surface area contributed by atoms with Crippen molar-refractivity contribution in [2.45, 2.75) is 6.42 Å². The second-order valence-electron chi connectivity index (χ2n) is 6.41. The molecule has 2 rings (SSSR count). The molecule has 2 aromatic rings. The molecule has 0 bridgehead atoms. The van der Waals surface area contributed by atoms with E-state index in [1.54, 1.807) is 21.6 Å². The zero-order chi connectivity index (χ0) is 20.5. The van der Waals surface area contributed by atoms with Crippen LogP contribution in [0.4, 0.5) is 8.78 Å². The first-order chi connectivity index (χ1) is 13.4. The third kappa shape index (κ3) is 7.00. The summed E-state index contributed by atoms with van der Waals surface area (Å²) in [7, 11) is 7.64. The summed E-state index contributed by atoms with van der Waals surface area (Å²) >= 11 is 0. The molecule has 0 unspecified atom stereocenters. The van der Waals surface area contributed by atoms with Crippen molar-refractivity contribution in [2.24, 2.45) is 0 Å². The summed E-state index contributed by atoms with van der Waals surface area (Å²) in [5, 5.41) is 12.8. The number of phenolic OH excluding ortho intramolecular Hbond substituents is 1. The van der Waals surface area contributed by atoms with E-state index in [9.17, 15) is 18.7 Å². The zero-order valence-corrected chi connectivity index (χ0v) is 17.5. The lowest BCUT2D eigenvalue weighted by atomic mass is 10.0. The van der Waals surface area contributed by atoms with E-state index in [0.717, 1.165) is 36.6 Å². The molecule has 0 saturated heterocycles. The summed E-state index contributed by atoms with van der Waals surface area (Å²) < 4.78 is 27.1. The largest absolute Gasteiger partial charge is 0.507 e. The second-order valence-corrected chi connectivity index (χ2v) is 9.11. The van der Waals surface area contributed by atoms with Gasteiger partial charge in [-0.3, -0.25) is 4.79 Å². The predicted molar refractivity (Wildman–Crippen MR) is 114 cm³/mol. The van der Waals surface area contributed by atoms with Crippen molar-refractivity contribution in [1.82, 2.24) is 10.2 Å². The van der Waals surface area contributed by atoms with Gasteiger partial charge in [0.2, 0.25) is 0 Å². The molecule has 4 nitrogen and oxygen atoms in total. The molecule has 0 aliphatic carbocycles. The van der Waals surface area contributed by atoms with Crippen molar-refractivity contribution in [3.8, 4) is 16.9 Å². The van der Waals surface area contributed by atoms with Crippen LogP contribution in [0.3, 0.4) is 0 Å². The van der Waals surface area contributed by atoms with Crippen LogP contribution in [0.15, 0.2) is 36.4 Å². The third-order valence-electron chi connectivity index (χ3n) is 3.88. The molecule has 28 heavy (non-hydrogen) atoms. The van der Waals surface area contributed by atoms with Gasteiger partial charge in [0.15, 0.2) is 0 Å². The fraction of sp³-hybridized carbons (Fsp3) is 0.350. The van der Waals surface area contributed by atoms with Gasteiger partial charge in [0, 0.05) is 36.2 Å². The SMILES string of the molecule is CN(C)CCSSCCCNC(=O)c1cc(-c2ccc(F)cc2F)ccc1O. The maximum Gasteiger partial charge on any atom is 0.255 e. The number of carbonyl (C=O) groups is 1. The van der Waals surface area contributed by atoms with Gasteiger partial charge in [-0.1, -0.05) is 27.7 Å². The molecule has 0 fully saturated rings. The van der Waals surface area contributed by atoms with Crippen LogP contribution < -0.4 is 5.32 Å². The van der Waals surface area contributed by atoms with Crippen LogP contribution in [0, 0.1) is 11.6 Å². The highest BCUT2D eigenvalue weighted by Gasteiger charge is 2.14. The Bertz CT molecular complexity index is 804. The van der Waals surface area contributed by atoms with Crippen LogP contribution in [-0.2, 0) is 0 Å². The molecule has 0 heterocycles. The summed E-state index contributed by atoms with van der Waals surface area (Å²) in [6.07, 6.45) is 0.804. The predicted octanol–water partition coefficient (Wildman–Crippen LogP) is 4.40. The number of phenols is 1. The average Bonchev–Trinajstić information content (AvgIpc) is 2.64. The summed E-state index contributed by atoms with van der Waals surface area (Å²) in [6.45, 7) is 1.51. The van der Waals surface area contributed by atoms with E-state index in [2.05, 4.69) is 10.2 Å². The van der Waals surface area contributed by atoms with Crippen LogP contribution in [0.2, 0.25) is 0 Å². The summed E-state index contributed by atoms with van der Waals surface area (Å²) in [4.78, 5) is 14.5. The molecule has 2 aromatic carbocycles. The van der Waals surface area contributed by atoms with E-state index in [4.69, 9.17) is 0 Å². The Morgan fingerprint density at radius 2 is 1.86 bits per heavy atom. The first-order valence-electron chi connectivity index (χ1n) is 8.84. The molecule has 0 aromatic heterocycles. The van der Waals surface area contributed by atoms with Gasteiger partial charge < -0.3 is 15.3 Å². The Morgan fingerprint density at radius 1 is 1.11 bits per heavy atom. The van der Waals surface area contributed by atoms with E-state index < -0.39 is 17.5 Å². The Hall–Kier alpha value is -1.77. The van der Waals surface area contributed by atoms with Gasteiger partial charge in [-0.25, -0.2) is 8.78 Å². The van der Waals surface area contributed by atoms with E-state index in [1.165, 1.54) is 24.3 Å². The highest BCUT2D eigenvalue weighted by atomic mass is 33.1. The number of halogens is 2. The van der Waals surface area contributed by atoms with E-state index in [-0.39, 0.29) is 16.9 Å². The van der Waals surface area contributed by atoms with Crippen molar-refractivity contribution in [3.05, 3.63) is 53.6 Å². The average molecular weight is 427 g/mol. The Labute approximate surface area is 172 Å². The Kier molecular flexibility index (Phi) is 9.08. The van der Waals surface area contributed by atoms with Crippen LogP contribution in [-0.4, -0.2) is 54.6 Å². The minimum Gasteiger partial charge on any atom is -0.507 e. The standard InChI is InChI=1S/C20H24F2N2O2S2/c1-24(2)9-11-28-27-10-3-8-23-20(26)17-12-14(4-7-19(17)25)16-6-5-15(21)13-18(16)22/h4-7,12-13,25H,3,8-11H2,1-2H3,(H,23,26). The number of hydrogen-bond acceptors (Lipinski definition) is 5. The number of nitrogens with one attached hydrogen (secondary N) is 1. The minimum atomic E-state index is -0.721. The summed E-state index contributed by atoms with van der Waals surface area (Å²) in [6, 6.07) is 7.49. The molecule has 0 saturated carbocycles. The molecule has 152 valence electrons. The lowest BCUT2D eigenvalue weighted by molar-refractivity contribution is 0.0951. The second kappa shape index (κ2) is 11.3. The number of aromatic hydroxyl groups is 1. The number of benzene rings is 2. The Balaban J connectivity index is 1.88. The molecule has 0 radical (unpaired) electrons. The molecule has 0 aliphatic heterocycles. The molecule has 0 spiro atoms. The molecule has 8 heteroatoms. The molecular weight excluding hydrogens is 402 g/mol. The monoisotopic (exact) mass is 426 g/mol. The lowest BCUT2D eigenvalue weighted by Gasteiger charge is -2.10. The van der Waals surface area contributed by atoms with E-state index in [1.807, 2.05) is 14.1 Å². The van der Waals surface area contributed by atoms with Gasteiger partial charge in [0.1, 0.15) is 17.4 Å². The maximum absolute atomic E-state index is 14.0. The van der Waals surface area contributed by atoms with Crippen molar-refractivity contribution in [2.75, 3.05) is 38.7 Å². The zero-order valence-electron chi connectivity index (χ0n) is 15.9. The fourth-order valence-electron chi connectivity index (χ4n) is 2.37. The van der Waals surface area contributed by atoms with Crippen LogP contribution in [0.25, 0.3) is 11.1 Å². The molecule has 1 amide bonds. The number of nitrogens with zero attached hydrogens (tertiary/aromatic N) is 1. The van der Waals surface area contributed by atoms with Gasteiger partial charge in [-0.2, -0.15) is 0 Å². The van der Waals surface area contributed by atoms with Gasteiger partial charge in [-0.05, 0) is 50.3 Å². The van der Waals surface area contributed by atoms with Crippen LogP contribution in [0.5, 0.6) is 5.75 Å². The quantitative estimate of drug-likeness (QED) is 0.436. The minimum absolute atomic E-state index is 0.0641. The number of rotatable bonds is 10. The summed E-state index contributed by atoms with van der Waals surface area (Å²) in [5.41, 5.74) is 0.629. The molecule has 0 atom stereocenters. The highest BCUT2D eigenvalue weighted by molar-refractivity contribution is 8.76. The lowest BCUT2D eigenvalue weighted by Crippen LogP contribution is -2.24. The molecule has 0 aliphatic rings. The van der Waals surface area contributed by atoms with Gasteiger partial charge in [0.05, 0.1) is 5.56 Å². The maximum atomic E-state index is 14.0. The Morgan fingerprint density at radius 3 is 2.57 bits per heavy atom. The number of amides is 1. The van der Waals surface area contributed by atoms with Crippen LogP contribution >= 0.6 is 21.6 Å². The van der Waals surface area contributed by atoms with E-state index in [0.29, 0.717) is 12.1 Å². The van der Waals surface area contributed by atoms with Gasteiger partial charge >= 0.3 is 0 Å². The molecule has 2 N–H and O–H groups in total. The van der Waals surface area contributed by atoms with Crippen LogP contribution in [0.1, 0.15) is 16.8 Å². The first kappa shape index (κ1) is 22.5. The van der Waals surface area contributed by atoms with E-state index >= 15 is 0 Å². The topological polar surface area (TPSA) is 52.6 Å².